The number of β-lactam (4-membered cyclic amide) rings is 1. The number of aromatic amines is 1. The number of fused-ring (bicyclic) bond motifs is 1. The Kier molecular flexibility index (Phi) is 6.95. The monoisotopic (exact) mass is 519 g/mol. The van der Waals surface area contributed by atoms with Crippen LogP contribution in [-0.2, 0) is 14.4 Å². The first-order valence-electron chi connectivity index (χ1n) is 10.2. The predicted molar refractivity (Wildman–Crippen MR) is 126 cm³/mol. The minimum Gasteiger partial charge on any atom is -0.477 e. The Morgan fingerprint density at radius 3 is 2.63 bits per heavy atom. The number of aliphatic carboxylic acids is 1. The number of benzene rings is 1. The van der Waals surface area contributed by atoms with Crippen molar-refractivity contribution in [1.82, 2.24) is 30.8 Å². The zero-order chi connectivity index (χ0) is 25.3. The molecule has 4 atom stereocenters. The van der Waals surface area contributed by atoms with Crippen LogP contribution < -0.4 is 22.1 Å². The van der Waals surface area contributed by atoms with E-state index < -0.39 is 41.3 Å². The van der Waals surface area contributed by atoms with E-state index in [2.05, 4.69) is 31.3 Å². The molecule has 3 heterocycles. The van der Waals surface area contributed by atoms with E-state index in [0.717, 1.165) is 0 Å². The van der Waals surface area contributed by atoms with Crippen LogP contribution in [0.2, 0.25) is 0 Å². The van der Waals surface area contributed by atoms with E-state index >= 15 is 0 Å². The first-order chi connectivity index (χ1) is 16.7. The van der Waals surface area contributed by atoms with Crippen molar-refractivity contribution in [3.05, 3.63) is 41.1 Å². The van der Waals surface area contributed by atoms with E-state index in [9.17, 15) is 24.3 Å². The van der Waals surface area contributed by atoms with Crippen molar-refractivity contribution in [2.75, 3.05) is 11.1 Å². The second kappa shape index (κ2) is 9.93. The van der Waals surface area contributed by atoms with Gasteiger partial charge >= 0.3 is 12.0 Å². The van der Waals surface area contributed by atoms with Crippen molar-refractivity contribution in [1.29, 1.82) is 0 Å². The van der Waals surface area contributed by atoms with Crippen LogP contribution >= 0.6 is 23.5 Å². The highest BCUT2D eigenvalue weighted by Crippen LogP contribution is 2.43. The Labute approximate surface area is 206 Å². The Hall–Kier alpha value is -3.63. The van der Waals surface area contributed by atoms with Crippen LogP contribution in [0.15, 0.2) is 40.7 Å². The van der Waals surface area contributed by atoms with Gasteiger partial charge < -0.3 is 27.2 Å². The highest BCUT2D eigenvalue weighted by molar-refractivity contribution is 8.01. The van der Waals surface area contributed by atoms with Gasteiger partial charge in [-0.3, -0.25) is 14.5 Å². The minimum atomic E-state index is -1.23. The number of nitrogens with one attached hydrogen (secondary N) is 3. The number of nitrogens with two attached hydrogens (primary N) is 2. The average molecular weight is 520 g/mol. The number of rotatable bonds is 8. The lowest BCUT2D eigenvalue weighted by Crippen LogP contribution is -2.71. The van der Waals surface area contributed by atoms with Crippen LogP contribution in [0, 0.1) is 0 Å². The number of aromatic nitrogens is 4. The second-order valence-corrected chi connectivity index (χ2v) is 10.0. The van der Waals surface area contributed by atoms with E-state index in [1.807, 2.05) is 0 Å². The van der Waals surface area contributed by atoms with Gasteiger partial charge in [0, 0.05) is 16.7 Å². The molecule has 8 N–H and O–H groups in total. The number of carbonyl (C=O) groups excluding carboxylic acids is 3. The molecule has 2 aliphatic rings. The number of primary amides is 1. The summed E-state index contributed by atoms with van der Waals surface area (Å²) in [5.41, 5.74) is 12.5. The number of urea groups is 1. The number of carboxylic acid groups (broad SMARTS) is 1. The third-order valence-corrected chi connectivity index (χ3v) is 7.74. The van der Waals surface area contributed by atoms with Crippen LogP contribution in [0.5, 0.6) is 0 Å². The zero-order valence-corrected chi connectivity index (χ0v) is 19.8. The predicted octanol–water partition coefficient (Wildman–Crippen LogP) is -0.390. The lowest BCUT2D eigenvalue weighted by molar-refractivity contribution is -0.150. The number of tetrazole rings is 1. The molecule has 2 aliphatic heterocycles. The lowest BCUT2D eigenvalue weighted by Gasteiger charge is -2.50. The molecule has 0 bridgehead atoms. The topological polar surface area (TPSA) is 222 Å². The standard InChI is InChI=1S/C19H21N9O5S2/c1-7(35-19-24-26-27-25-19)10-6-34-16-12(15(30)28(16)13(10)17(31)32)23-14(29)11(20)8-2-4-9(5-3-8)22-18(21)33/h2-5,7,11-12,16H,6,20H2,1H3,(H,23,29)(H,31,32)(H3,21,22,33)(H,24,25,26,27)/t7?,11?,12?,16-/m1/s1. The summed E-state index contributed by atoms with van der Waals surface area (Å²) in [5, 5.41) is 27.9. The smallest absolute Gasteiger partial charge is 0.352 e. The molecule has 0 aliphatic carbocycles. The summed E-state index contributed by atoms with van der Waals surface area (Å²) in [7, 11) is 0. The van der Waals surface area contributed by atoms with Gasteiger partial charge in [-0.05, 0) is 35.4 Å². The van der Waals surface area contributed by atoms with Gasteiger partial charge in [0.2, 0.25) is 11.1 Å². The summed E-state index contributed by atoms with van der Waals surface area (Å²) in [4.78, 5) is 49.8. The zero-order valence-electron chi connectivity index (χ0n) is 18.2. The Morgan fingerprint density at radius 2 is 2.03 bits per heavy atom. The maximum atomic E-state index is 12.9. The van der Waals surface area contributed by atoms with Crippen LogP contribution in [0.25, 0.3) is 0 Å². The van der Waals surface area contributed by atoms with Gasteiger partial charge in [0.1, 0.15) is 23.2 Å². The van der Waals surface area contributed by atoms with E-state index in [-0.39, 0.29) is 10.9 Å². The summed E-state index contributed by atoms with van der Waals surface area (Å²) in [6.07, 6.45) is 0. The molecular formula is C19H21N9O5S2. The number of carboxylic acids is 1. The van der Waals surface area contributed by atoms with Crippen molar-refractivity contribution >= 4 is 53.0 Å². The molecule has 1 fully saturated rings. The van der Waals surface area contributed by atoms with Crippen molar-refractivity contribution in [3.8, 4) is 0 Å². The molecule has 1 aromatic heterocycles. The van der Waals surface area contributed by atoms with Crippen molar-refractivity contribution in [2.45, 2.75) is 34.8 Å². The van der Waals surface area contributed by atoms with Crippen LogP contribution in [-0.4, -0.2) is 76.9 Å². The maximum Gasteiger partial charge on any atom is 0.352 e. The Balaban J connectivity index is 1.44. The molecule has 1 saturated heterocycles. The number of carbonyl (C=O) groups is 4. The number of H-pyrrole nitrogens is 1. The van der Waals surface area contributed by atoms with Crippen LogP contribution in [0.3, 0.4) is 0 Å². The van der Waals surface area contributed by atoms with Crippen molar-refractivity contribution < 1.29 is 24.3 Å². The normalized spacial score (nSPS) is 21.0. The number of amides is 4. The molecule has 2 aromatic rings. The van der Waals surface area contributed by atoms with Gasteiger partial charge in [-0.2, -0.15) is 5.21 Å². The molecule has 35 heavy (non-hydrogen) atoms. The summed E-state index contributed by atoms with van der Waals surface area (Å²) >= 11 is 2.57. The van der Waals surface area contributed by atoms with E-state index in [4.69, 9.17) is 11.5 Å². The first kappa shape index (κ1) is 24.5. The Bertz CT molecular complexity index is 1190. The molecule has 4 amide bonds. The molecule has 184 valence electrons. The highest BCUT2D eigenvalue weighted by atomic mass is 32.2. The molecule has 16 heteroatoms. The number of thioether (sulfide) groups is 2. The van der Waals surface area contributed by atoms with Crippen LogP contribution in [0.1, 0.15) is 18.5 Å². The fourth-order valence-electron chi connectivity index (χ4n) is 3.70. The molecule has 1 aromatic carbocycles. The summed E-state index contributed by atoms with van der Waals surface area (Å²) in [6.45, 7) is 1.80. The van der Waals surface area contributed by atoms with Gasteiger partial charge in [0.05, 0.1) is 0 Å². The van der Waals surface area contributed by atoms with Crippen molar-refractivity contribution in [3.63, 3.8) is 0 Å². The fourth-order valence-corrected chi connectivity index (χ4v) is 6.11. The summed E-state index contributed by atoms with van der Waals surface area (Å²) in [6, 6.07) is 3.48. The molecule has 0 spiro atoms. The van der Waals surface area contributed by atoms with E-state index in [1.165, 1.54) is 28.4 Å². The molecule has 4 rings (SSSR count). The van der Waals surface area contributed by atoms with Gasteiger partial charge in [-0.25, -0.2) is 9.59 Å². The third-order valence-electron chi connectivity index (χ3n) is 5.42. The number of anilines is 1. The Morgan fingerprint density at radius 1 is 1.31 bits per heavy atom. The second-order valence-electron chi connectivity index (χ2n) is 7.62. The largest absolute Gasteiger partial charge is 0.477 e. The molecule has 0 radical (unpaired) electrons. The van der Waals surface area contributed by atoms with Crippen molar-refractivity contribution in [2.24, 2.45) is 11.5 Å². The van der Waals surface area contributed by atoms with Gasteiger partial charge in [-0.15, -0.1) is 22.0 Å². The molecular weight excluding hydrogens is 498 g/mol. The maximum absolute atomic E-state index is 12.9. The quantitative estimate of drug-likeness (QED) is 0.195. The number of hydrogen-bond acceptors (Lipinski definition) is 10. The lowest BCUT2D eigenvalue weighted by atomic mass is 10.0. The van der Waals surface area contributed by atoms with Gasteiger partial charge in [0.15, 0.2) is 0 Å². The summed E-state index contributed by atoms with van der Waals surface area (Å²) < 4.78 is 0. The molecule has 14 nitrogen and oxygen atoms in total. The van der Waals surface area contributed by atoms with E-state index in [1.54, 1.807) is 31.2 Å². The van der Waals surface area contributed by atoms with Gasteiger partial charge in [0.25, 0.3) is 5.91 Å². The number of nitrogens with zero attached hydrogens (tertiary/aromatic N) is 4. The average Bonchev–Trinajstić information content (AvgIpc) is 3.33. The minimum absolute atomic E-state index is 0.102. The third kappa shape index (κ3) is 4.94. The van der Waals surface area contributed by atoms with Gasteiger partial charge in [-0.1, -0.05) is 23.9 Å². The fraction of sp³-hybridized carbons (Fsp3) is 0.316. The first-order valence-corrected chi connectivity index (χ1v) is 12.1. The summed E-state index contributed by atoms with van der Waals surface area (Å²) in [5.74, 6) is -2.01. The molecule has 0 saturated carbocycles. The number of hydrogen-bond donors (Lipinski definition) is 6. The molecule has 3 unspecified atom stereocenters. The highest BCUT2D eigenvalue weighted by Gasteiger charge is 2.54. The van der Waals surface area contributed by atoms with Crippen LogP contribution in [0.4, 0.5) is 10.5 Å². The van der Waals surface area contributed by atoms with E-state index in [0.29, 0.717) is 27.7 Å². The SMILES string of the molecule is CC(Sc1nn[nH]n1)C1=C(C(=O)O)N2C(=O)C(NC(=O)C(N)c3ccc(NC(N)=O)cc3)[C@H]2SC1.